The van der Waals surface area contributed by atoms with Gasteiger partial charge in [0.25, 0.3) is 0 Å². The molecule has 0 spiro atoms. The second-order valence-corrected chi connectivity index (χ2v) is 7.67. The van der Waals surface area contributed by atoms with Crippen LogP contribution in [0.2, 0.25) is 0 Å². The molecule has 3 aliphatic rings. The maximum Gasteiger partial charge on any atom is 0.250 e. The molecule has 0 N–H and O–H groups in total. The van der Waals surface area contributed by atoms with Gasteiger partial charge < -0.3 is 9.64 Å². The van der Waals surface area contributed by atoms with E-state index in [1.54, 1.807) is 7.11 Å². The third-order valence-corrected chi connectivity index (χ3v) is 5.97. The lowest BCUT2D eigenvalue weighted by molar-refractivity contribution is -0.129. The number of methoxy groups -OCH3 is 1. The third kappa shape index (κ3) is 3.32. The zero-order valence-corrected chi connectivity index (χ0v) is 15.3. The molecule has 1 aliphatic carbocycles. The van der Waals surface area contributed by atoms with Gasteiger partial charge in [0, 0.05) is 37.2 Å². The number of carbonyl (C=O) groups excluding carboxylic acids is 1. The molecule has 4 rings (SSSR count). The number of benzene rings is 1. The number of ether oxygens (including phenoxy) is 1. The Bertz CT molecular complexity index is 693. The quantitative estimate of drug-likeness (QED) is 0.825. The third-order valence-electron chi connectivity index (χ3n) is 5.97. The minimum Gasteiger partial charge on any atom is -0.496 e. The molecule has 2 bridgehead atoms. The van der Waals surface area contributed by atoms with Crippen LogP contribution in [-0.4, -0.2) is 48.5 Å². The van der Waals surface area contributed by atoms with Crippen molar-refractivity contribution in [1.29, 1.82) is 0 Å². The highest BCUT2D eigenvalue weighted by atomic mass is 16.5. The molecule has 1 amide bonds. The maximum absolute atomic E-state index is 13.4. The molecule has 25 heavy (non-hydrogen) atoms. The summed E-state index contributed by atoms with van der Waals surface area (Å²) in [7, 11) is 1.71. The second-order valence-electron chi connectivity index (χ2n) is 7.67. The van der Waals surface area contributed by atoms with Crippen molar-refractivity contribution < 1.29 is 9.53 Å². The first-order chi connectivity index (χ1) is 12.2. The fraction of sp³-hybridized carbons (Fsp3) is 0.571. The fourth-order valence-corrected chi connectivity index (χ4v) is 4.29. The highest BCUT2D eigenvalue weighted by molar-refractivity contribution is 5.94. The first-order valence-corrected chi connectivity index (χ1v) is 9.53. The Kier molecular flexibility index (Phi) is 4.55. The van der Waals surface area contributed by atoms with E-state index < -0.39 is 0 Å². The van der Waals surface area contributed by atoms with Gasteiger partial charge in [-0.05, 0) is 56.3 Å². The van der Waals surface area contributed by atoms with Crippen molar-refractivity contribution in [1.82, 2.24) is 9.80 Å². The number of hydrogen-bond acceptors (Lipinski definition) is 3. The molecule has 4 nitrogen and oxygen atoms in total. The van der Waals surface area contributed by atoms with Crippen LogP contribution in [0.25, 0.3) is 0 Å². The Labute approximate surface area is 150 Å². The summed E-state index contributed by atoms with van der Waals surface area (Å²) in [4.78, 5) is 18.0. The first-order valence-electron chi connectivity index (χ1n) is 9.53. The zero-order chi connectivity index (χ0) is 17.4. The minimum atomic E-state index is 0.274. The van der Waals surface area contributed by atoms with Crippen LogP contribution in [0.3, 0.4) is 0 Å². The van der Waals surface area contributed by atoms with Gasteiger partial charge in [0.15, 0.2) is 0 Å². The van der Waals surface area contributed by atoms with Gasteiger partial charge in [0.05, 0.1) is 7.11 Å². The van der Waals surface area contributed by atoms with Crippen molar-refractivity contribution in [3.8, 4) is 5.75 Å². The lowest BCUT2D eigenvalue weighted by Gasteiger charge is -2.38. The van der Waals surface area contributed by atoms with Gasteiger partial charge in [-0.2, -0.15) is 0 Å². The Morgan fingerprint density at radius 1 is 1.32 bits per heavy atom. The summed E-state index contributed by atoms with van der Waals surface area (Å²) in [5.74, 6) is 1.61. The van der Waals surface area contributed by atoms with E-state index in [1.807, 2.05) is 12.1 Å². The van der Waals surface area contributed by atoms with E-state index in [4.69, 9.17) is 4.74 Å². The molecular formula is C21H28N2O2. The smallest absolute Gasteiger partial charge is 0.250 e. The van der Waals surface area contributed by atoms with Gasteiger partial charge in [-0.25, -0.2) is 0 Å². The molecule has 1 saturated carbocycles. The molecule has 1 saturated heterocycles. The van der Waals surface area contributed by atoms with Gasteiger partial charge in [0.1, 0.15) is 5.75 Å². The number of fused-ring (bicyclic) bond motifs is 2. The molecule has 1 aromatic carbocycles. The number of nitrogens with zero attached hydrogens (tertiary/aromatic N) is 2. The summed E-state index contributed by atoms with van der Waals surface area (Å²) in [5.41, 5.74) is 3.41. The van der Waals surface area contributed by atoms with Crippen LogP contribution in [0, 0.1) is 12.8 Å². The Balaban J connectivity index is 1.57. The standard InChI is InChI=1S/C21H28N2O2/c1-15-16(5-3-7-20(15)25-2)14-23(18-8-9-18)21(24)19-10-12-22-11-4-6-17(19)13-22/h3,5,7,10,17-18H,4,6,8-9,11-14H2,1-2H3. The van der Waals surface area contributed by atoms with E-state index in [0.717, 1.165) is 49.2 Å². The topological polar surface area (TPSA) is 32.8 Å². The van der Waals surface area contributed by atoms with Crippen LogP contribution in [-0.2, 0) is 11.3 Å². The van der Waals surface area contributed by atoms with Crippen molar-refractivity contribution >= 4 is 5.91 Å². The molecule has 2 unspecified atom stereocenters. The normalized spacial score (nSPS) is 25.3. The van der Waals surface area contributed by atoms with E-state index >= 15 is 0 Å². The predicted octanol–water partition coefficient (Wildman–Crippen LogP) is 3.15. The van der Waals surface area contributed by atoms with Crippen molar-refractivity contribution in [2.45, 2.75) is 45.2 Å². The van der Waals surface area contributed by atoms with Crippen LogP contribution < -0.4 is 4.74 Å². The van der Waals surface area contributed by atoms with Gasteiger partial charge in [-0.1, -0.05) is 18.2 Å². The monoisotopic (exact) mass is 340 g/mol. The average molecular weight is 340 g/mol. The summed E-state index contributed by atoms with van der Waals surface area (Å²) in [5, 5.41) is 0. The zero-order valence-electron chi connectivity index (χ0n) is 15.3. The molecule has 134 valence electrons. The average Bonchev–Trinajstić information content (AvgIpc) is 3.46. The SMILES string of the molecule is COc1cccc(CN(C(=O)C2=CCN3CCCC2C3)C2CC2)c1C. The van der Waals surface area contributed by atoms with Gasteiger partial charge in [-0.15, -0.1) is 0 Å². The van der Waals surface area contributed by atoms with E-state index in [0.29, 0.717) is 18.5 Å². The summed E-state index contributed by atoms with van der Waals surface area (Å²) in [6.07, 6.45) is 6.85. The molecule has 0 radical (unpaired) electrons. The second kappa shape index (κ2) is 6.83. The highest BCUT2D eigenvalue weighted by Crippen LogP contribution is 2.35. The minimum absolute atomic E-state index is 0.274. The Morgan fingerprint density at radius 3 is 2.92 bits per heavy atom. The van der Waals surface area contributed by atoms with Gasteiger partial charge in [0.2, 0.25) is 5.91 Å². The molecule has 2 fully saturated rings. The van der Waals surface area contributed by atoms with Crippen molar-refractivity contribution in [2.75, 3.05) is 26.7 Å². The van der Waals surface area contributed by atoms with Gasteiger partial charge >= 0.3 is 0 Å². The van der Waals surface area contributed by atoms with Crippen LogP contribution in [0.5, 0.6) is 5.75 Å². The van der Waals surface area contributed by atoms with E-state index in [-0.39, 0.29) is 5.91 Å². The van der Waals surface area contributed by atoms with Crippen molar-refractivity contribution in [3.05, 3.63) is 41.0 Å². The number of piperidine rings is 1. The van der Waals surface area contributed by atoms with E-state index in [2.05, 4.69) is 28.9 Å². The molecule has 2 atom stereocenters. The largest absolute Gasteiger partial charge is 0.496 e. The Morgan fingerprint density at radius 2 is 2.16 bits per heavy atom. The van der Waals surface area contributed by atoms with Gasteiger partial charge in [-0.3, -0.25) is 9.69 Å². The molecule has 2 heterocycles. The van der Waals surface area contributed by atoms with E-state index in [9.17, 15) is 4.79 Å². The van der Waals surface area contributed by atoms with Crippen LogP contribution in [0.4, 0.5) is 0 Å². The molecule has 1 aromatic rings. The van der Waals surface area contributed by atoms with Crippen molar-refractivity contribution in [2.24, 2.45) is 5.92 Å². The molecule has 2 aliphatic heterocycles. The summed E-state index contributed by atoms with van der Waals surface area (Å²) in [6.45, 7) is 5.97. The molecular weight excluding hydrogens is 312 g/mol. The lowest BCUT2D eigenvalue weighted by Crippen LogP contribution is -2.44. The predicted molar refractivity (Wildman–Crippen MR) is 98.6 cm³/mol. The van der Waals surface area contributed by atoms with Crippen LogP contribution >= 0.6 is 0 Å². The molecule has 4 heteroatoms. The van der Waals surface area contributed by atoms with Crippen LogP contribution in [0.1, 0.15) is 36.8 Å². The Hall–Kier alpha value is -1.81. The molecule has 0 aromatic heterocycles. The fourth-order valence-electron chi connectivity index (χ4n) is 4.29. The number of carbonyl (C=O) groups is 1. The maximum atomic E-state index is 13.4. The number of amides is 1. The highest BCUT2D eigenvalue weighted by Gasteiger charge is 2.38. The first kappa shape index (κ1) is 16.6. The summed E-state index contributed by atoms with van der Waals surface area (Å²) >= 11 is 0. The van der Waals surface area contributed by atoms with Crippen molar-refractivity contribution in [3.63, 3.8) is 0 Å². The lowest BCUT2D eigenvalue weighted by atomic mass is 9.86. The summed E-state index contributed by atoms with van der Waals surface area (Å²) in [6, 6.07) is 6.55. The summed E-state index contributed by atoms with van der Waals surface area (Å²) < 4.78 is 5.45. The van der Waals surface area contributed by atoms with E-state index in [1.165, 1.54) is 18.5 Å². The van der Waals surface area contributed by atoms with Crippen LogP contribution in [0.15, 0.2) is 29.8 Å². The number of rotatable bonds is 5. The number of hydrogen-bond donors (Lipinski definition) is 0.